The Morgan fingerprint density at radius 3 is 2.50 bits per heavy atom. The molecule has 5 heteroatoms. The van der Waals surface area contributed by atoms with Gasteiger partial charge in [0.25, 0.3) is 0 Å². The fraction of sp³-hybridized carbons (Fsp3) is 1.00. The van der Waals surface area contributed by atoms with Crippen molar-refractivity contribution in [2.24, 2.45) is 11.8 Å². The Hall–Kier alpha value is -0.130. The Balaban J connectivity index is 1.78. The van der Waals surface area contributed by atoms with Crippen LogP contribution in [0.3, 0.4) is 0 Å². The summed E-state index contributed by atoms with van der Waals surface area (Å²) < 4.78 is 25.4. The lowest BCUT2D eigenvalue weighted by molar-refractivity contribution is 0.344. The van der Waals surface area contributed by atoms with Crippen molar-refractivity contribution in [3.63, 3.8) is 0 Å². The van der Waals surface area contributed by atoms with Crippen molar-refractivity contribution in [2.45, 2.75) is 18.9 Å². The zero-order chi connectivity index (χ0) is 9.76. The molecule has 3 fully saturated rings. The van der Waals surface area contributed by atoms with Crippen LogP contribution in [0.4, 0.5) is 0 Å². The summed E-state index contributed by atoms with van der Waals surface area (Å²) in [5.41, 5.74) is 0. The summed E-state index contributed by atoms with van der Waals surface area (Å²) in [6.45, 7) is 2.79. The molecule has 80 valence electrons. The molecule has 0 amide bonds. The predicted octanol–water partition coefficient (Wildman–Crippen LogP) is -0.370. The van der Waals surface area contributed by atoms with E-state index in [1.54, 1.807) is 4.31 Å². The van der Waals surface area contributed by atoms with E-state index in [1.165, 1.54) is 0 Å². The fourth-order valence-electron chi connectivity index (χ4n) is 2.96. The average Bonchev–Trinajstić information content (AvgIpc) is 2.60. The summed E-state index contributed by atoms with van der Waals surface area (Å²) in [4.78, 5) is 0. The van der Waals surface area contributed by atoms with Crippen molar-refractivity contribution >= 4 is 10.0 Å². The third kappa shape index (κ3) is 1.22. The molecule has 14 heavy (non-hydrogen) atoms. The molecule has 4 nitrogen and oxygen atoms in total. The van der Waals surface area contributed by atoms with Gasteiger partial charge < -0.3 is 5.32 Å². The lowest BCUT2D eigenvalue weighted by Crippen LogP contribution is -2.42. The third-order valence-corrected chi connectivity index (χ3v) is 5.71. The van der Waals surface area contributed by atoms with Crippen molar-refractivity contribution in [3.05, 3.63) is 0 Å². The first-order chi connectivity index (χ1) is 6.70. The highest BCUT2D eigenvalue weighted by Crippen LogP contribution is 2.47. The molecule has 0 aromatic carbocycles. The predicted molar refractivity (Wildman–Crippen MR) is 53.4 cm³/mol. The van der Waals surface area contributed by atoms with E-state index in [2.05, 4.69) is 5.32 Å². The first kappa shape index (κ1) is 9.12. The molecule has 2 atom stereocenters. The van der Waals surface area contributed by atoms with E-state index in [9.17, 15) is 8.42 Å². The molecule has 0 spiro atoms. The molecular formula is C9H16N2O2S. The molecule has 1 N–H and O–H groups in total. The minimum Gasteiger partial charge on any atom is -0.316 e. The van der Waals surface area contributed by atoms with E-state index in [-0.39, 0.29) is 0 Å². The van der Waals surface area contributed by atoms with Gasteiger partial charge in [-0.25, -0.2) is 8.42 Å². The summed E-state index contributed by atoms with van der Waals surface area (Å²) >= 11 is 0. The van der Waals surface area contributed by atoms with Crippen molar-refractivity contribution in [2.75, 3.05) is 25.4 Å². The molecule has 1 saturated carbocycles. The standard InChI is InChI=1S/C9H16N2O2S/c12-14(13)4-2-1-3-11(14)9-7-5-10-6-8(7)9/h7-10H,1-6H2. The highest BCUT2D eigenvalue weighted by atomic mass is 32.2. The Morgan fingerprint density at radius 1 is 1.14 bits per heavy atom. The van der Waals surface area contributed by atoms with Gasteiger partial charge in [-0.3, -0.25) is 0 Å². The Morgan fingerprint density at radius 2 is 1.86 bits per heavy atom. The summed E-state index contributed by atoms with van der Waals surface area (Å²) in [5.74, 6) is 1.60. The first-order valence-corrected chi connectivity index (χ1v) is 7.01. The van der Waals surface area contributed by atoms with Gasteiger partial charge in [0, 0.05) is 12.6 Å². The second-order valence-corrected chi connectivity index (χ2v) is 6.65. The molecule has 3 aliphatic rings. The van der Waals surface area contributed by atoms with E-state index in [0.29, 0.717) is 23.6 Å². The number of rotatable bonds is 1. The zero-order valence-electron chi connectivity index (χ0n) is 8.15. The number of piperidine rings is 1. The molecular weight excluding hydrogens is 200 g/mol. The van der Waals surface area contributed by atoms with E-state index in [0.717, 1.165) is 32.5 Å². The molecule has 2 aliphatic heterocycles. The van der Waals surface area contributed by atoms with E-state index in [4.69, 9.17) is 0 Å². The molecule has 0 radical (unpaired) electrons. The molecule has 2 heterocycles. The van der Waals surface area contributed by atoms with Gasteiger partial charge in [0.1, 0.15) is 0 Å². The topological polar surface area (TPSA) is 49.4 Å². The minimum absolute atomic E-state index is 0.349. The van der Waals surface area contributed by atoms with Crippen molar-refractivity contribution in [3.8, 4) is 0 Å². The maximum absolute atomic E-state index is 11.8. The van der Waals surface area contributed by atoms with Crippen molar-refractivity contribution in [1.29, 1.82) is 0 Å². The molecule has 0 aromatic rings. The summed E-state index contributed by atoms with van der Waals surface area (Å²) in [7, 11) is -2.90. The summed E-state index contributed by atoms with van der Waals surface area (Å²) in [5, 5.41) is 3.30. The number of nitrogens with zero attached hydrogens (tertiary/aromatic N) is 1. The fourth-order valence-corrected chi connectivity index (χ4v) is 4.85. The minimum atomic E-state index is -2.90. The third-order valence-electron chi connectivity index (χ3n) is 3.77. The van der Waals surface area contributed by atoms with Gasteiger partial charge >= 0.3 is 0 Å². The van der Waals surface area contributed by atoms with E-state index < -0.39 is 10.0 Å². The largest absolute Gasteiger partial charge is 0.316 e. The van der Waals surface area contributed by atoms with E-state index >= 15 is 0 Å². The van der Waals surface area contributed by atoms with Crippen LogP contribution in [-0.4, -0.2) is 44.2 Å². The lowest BCUT2D eigenvalue weighted by Gasteiger charge is -2.27. The molecule has 0 aromatic heterocycles. The van der Waals surface area contributed by atoms with Crippen LogP contribution in [0.15, 0.2) is 0 Å². The van der Waals surface area contributed by atoms with Crippen LogP contribution in [0.1, 0.15) is 12.8 Å². The van der Waals surface area contributed by atoms with Crippen LogP contribution in [0.5, 0.6) is 0 Å². The van der Waals surface area contributed by atoms with Crippen LogP contribution in [0.2, 0.25) is 0 Å². The van der Waals surface area contributed by atoms with Gasteiger partial charge in [-0.2, -0.15) is 4.31 Å². The smallest absolute Gasteiger partial charge is 0.214 e. The number of nitrogens with one attached hydrogen (secondary N) is 1. The maximum Gasteiger partial charge on any atom is 0.214 e. The maximum atomic E-state index is 11.8. The monoisotopic (exact) mass is 216 g/mol. The van der Waals surface area contributed by atoms with Crippen LogP contribution >= 0.6 is 0 Å². The van der Waals surface area contributed by atoms with Crippen LogP contribution < -0.4 is 5.32 Å². The zero-order valence-corrected chi connectivity index (χ0v) is 8.96. The lowest BCUT2D eigenvalue weighted by atomic mass is 10.3. The van der Waals surface area contributed by atoms with Gasteiger partial charge in [0.05, 0.1) is 5.75 Å². The number of sulfonamides is 1. The van der Waals surface area contributed by atoms with Crippen molar-refractivity contribution < 1.29 is 8.42 Å². The Bertz CT molecular complexity index is 331. The van der Waals surface area contributed by atoms with Gasteiger partial charge in [-0.1, -0.05) is 0 Å². The summed E-state index contributed by atoms with van der Waals surface area (Å²) in [6.07, 6.45) is 1.89. The van der Waals surface area contributed by atoms with Crippen LogP contribution in [0, 0.1) is 11.8 Å². The Labute approximate surface area is 84.7 Å². The van der Waals surface area contributed by atoms with Crippen LogP contribution in [0.25, 0.3) is 0 Å². The second kappa shape index (κ2) is 2.93. The molecule has 2 unspecified atom stereocenters. The van der Waals surface area contributed by atoms with Crippen molar-refractivity contribution in [1.82, 2.24) is 9.62 Å². The molecule has 1 aliphatic carbocycles. The van der Waals surface area contributed by atoms with E-state index in [1.807, 2.05) is 0 Å². The van der Waals surface area contributed by atoms with Crippen LogP contribution in [-0.2, 0) is 10.0 Å². The average molecular weight is 216 g/mol. The normalized spacial score (nSPS) is 46.1. The Kier molecular flexibility index (Phi) is 1.91. The number of hydrogen-bond acceptors (Lipinski definition) is 3. The molecule has 2 saturated heterocycles. The molecule has 0 bridgehead atoms. The second-order valence-electron chi connectivity index (χ2n) is 4.61. The van der Waals surface area contributed by atoms with Gasteiger partial charge in [-0.05, 0) is 37.8 Å². The molecule has 3 rings (SSSR count). The quantitative estimate of drug-likeness (QED) is 0.650. The van der Waals surface area contributed by atoms with Gasteiger partial charge in [0.2, 0.25) is 10.0 Å². The van der Waals surface area contributed by atoms with Gasteiger partial charge in [0.15, 0.2) is 0 Å². The number of fused-ring (bicyclic) bond motifs is 1. The van der Waals surface area contributed by atoms with Gasteiger partial charge in [-0.15, -0.1) is 0 Å². The highest BCUT2D eigenvalue weighted by Gasteiger charge is 2.58. The number of hydrogen-bond donors (Lipinski definition) is 1. The summed E-state index contributed by atoms with van der Waals surface area (Å²) in [6, 6.07) is 0.349. The SMILES string of the molecule is O=S1(=O)CCCCN1C1C2CNCC21. The first-order valence-electron chi connectivity index (χ1n) is 5.40. The highest BCUT2D eigenvalue weighted by molar-refractivity contribution is 7.89.